The van der Waals surface area contributed by atoms with Gasteiger partial charge in [0.1, 0.15) is 6.26 Å². The van der Waals surface area contributed by atoms with Crippen LogP contribution in [0.15, 0.2) is 21.8 Å². The van der Waals surface area contributed by atoms with Crippen molar-refractivity contribution in [3.63, 3.8) is 0 Å². The highest BCUT2D eigenvalue weighted by Crippen LogP contribution is 1.91. The zero-order chi connectivity index (χ0) is 14.6. The molecular weight excluding hydrogens is 258 g/mol. The highest BCUT2D eigenvalue weighted by molar-refractivity contribution is 5.81. The lowest BCUT2D eigenvalue weighted by Gasteiger charge is -2.12. The van der Waals surface area contributed by atoms with Crippen molar-refractivity contribution in [2.24, 2.45) is 4.99 Å². The van der Waals surface area contributed by atoms with E-state index in [0.29, 0.717) is 25.6 Å². The van der Waals surface area contributed by atoms with Crippen molar-refractivity contribution in [2.75, 3.05) is 40.3 Å². The standard InChI is InChI=1S/C12H21N7O/c1-19(2)7-6-16-12(17-10-13)15-5-4-14-9-11-3-8-20-18-11/h3,8,14H,4-7,9H2,1-2H3,(H2,15,16,17). The molecule has 0 aromatic carbocycles. The molecule has 8 nitrogen and oxygen atoms in total. The van der Waals surface area contributed by atoms with Gasteiger partial charge in [0.25, 0.3) is 0 Å². The van der Waals surface area contributed by atoms with Gasteiger partial charge < -0.3 is 20.1 Å². The van der Waals surface area contributed by atoms with Crippen LogP contribution in [0.5, 0.6) is 0 Å². The molecule has 0 amide bonds. The molecule has 0 fully saturated rings. The van der Waals surface area contributed by atoms with E-state index in [4.69, 9.17) is 9.78 Å². The first-order chi connectivity index (χ1) is 9.72. The van der Waals surface area contributed by atoms with Gasteiger partial charge in [0.2, 0.25) is 5.96 Å². The first kappa shape index (κ1) is 15.9. The minimum atomic E-state index is 0.498. The topological polar surface area (TPSA) is 102 Å². The number of rotatable bonds is 8. The summed E-state index contributed by atoms with van der Waals surface area (Å²) in [5.41, 5.74) is 0.855. The summed E-state index contributed by atoms with van der Waals surface area (Å²) in [5.74, 6) is 0.498. The summed E-state index contributed by atoms with van der Waals surface area (Å²) in [7, 11) is 3.98. The monoisotopic (exact) mass is 279 g/mol. The largest absolute Gasteiger partial charge is 0.364 e. The molecule has 0 saturated heterocycles. The second kappa shape index (κ2) is 9.77. The number of nitriles is 1. The minimum Gasteiger partial charge on any atom is -0.364 e. The molecule has 0 saturated carbocycles. The van der Waals surface area contributed by atoms with Gasteiger partial charge in [-0.2, -0.15) is 5.26 Å². The Morgan fingerprint density at radius 2 is 2.35 bits per heavy atom. The van der Waals surface area contributed by atoms with Crippen LogP contribution in [0.3, 0.4) is 0 Å². The summed E-state index contributed by atoms with van der Waals surface area (Å²) in [6, 6.07) is 1.81. The van der Waals surface area contributed by atoms with Crippen LogP contribution >= 0.6 is 0 Å². The van der Waals surface area contributed by atoms with Crippen LogP contribution in [0, 0.1) is 11.5 Å². The highest BCUT2D eigenvalue weighted by atomic mass is 16.5. The molecule has 0 atom stereocenters. The number of nitrogens with one attached hydrogen (secondary N) is 3. The molecule has 20 heavy (non-hydrogen) atoms. The molecule has 0 aliphatic rings. The Morgan fingerprint density at radius 1 is 1.50 bits per heavy atom. The van der Waals surface area contributed by atoms with E-state index in [1.807, 2.05) is 26.4 Å². The molecule has 1 aromatic heterocycles. The second-order valence-electron chi connectivity index (χ2n) is 4.36. The van der Waals surface area contributed by atoms with Crippen molar-refractivity contribution in [1.29, 1.82) is 5.26 Å². The Hall–Kier alpha value is -2.11. The van der Waals surface area contributed by atoms with Crippen molar-refractivity contribution in [2.45, 2.75) is 6.54 Å². The molecule has 0 spiro atoms. The van der Waals surface area contributed by atoms with Crippen LogP contribution in [0.25, 0.3) is 0 Å². The molecule has 0 bridgehead atoms. The summed E-state index contributed by atoms with van der Waals surface area (Å²) in [6.45, 7) is 3.50. The molecule has 8 heteroatoms. The van der Waals surface area contributed by atoms with Crippen molar-refractivity contribution >= 4 is 5.96 Å². The van der Waals surface area contributed by atoms with Crippen molar-refractivity contribution in [3.8, 4) is 6.19 Å². The van der Waals surface area contributed by atoms with E-state index < -0.39 is 0 Å². The molecule has 0 aliphatic heterocycles. The zero-order valence-corrected chi connectivity index (χ0v) is 11.9. The van der Waals surface area contributed by atoms with E-state index in [9.17, 15) is 0 Å². The van der Waals surface area contributed by atoms with Crippen LogP contribution in [0.4, 0.5) is 0 Å². The van der Waals surface area contributed by atoms with Gasteiger partial charge in [0.05, 0.1) is 12.2 Å². The fourth-order valence-corrected chi connectivity index (χ4v) is 1.38. The first-order valence-electron chi connectivity index (χ1n) is 6.40. The lowest BCUT2D eigenvalue weighted by Crippen LogP contribution is -2.39. The molecule has 1 aromatic rings. The molecule has 1 rings (SSSR count). The van der Waals surface area contributed by atoms with Gasteiger partial charge in [0.15, 0.2) is 6.19 Å². The summed E-state index contributed by atoms with van der Waals surface area (Å²) in [5, 5.41) is 21.2. The summed E-state index contributed by atoms with van der Waals surface area (Å²) in [4.78, 5) is 6.33. The Bertz CT molecular complexity index is 422. The average molecular weight is 279 g/mol. The molecule has 3 N–H and O–H groups in total. The van der Waals surface area contributed by atoms with Gasteiger partial charge in [-0.3, -0.25) is 10.3 Å². The van der Waals surface area contributed by atoms with E-state index in [2.05, 4.69) is 31.0 Å². The minimum absolute atomic E-state index is 0.498. The molecular formula is C12H21N7O. The van der Waals surface area contributed by atoms with Crippen LogP contribution in [-0.4, -0.2) is 56.3 Å². The maximum Gasteiger partial charge on any atom is 0.204 e. The Labute approximate surface area is 118 Å². The summed E-state index contributed by atoms with van der Waals surface area (Å²) in [6.07, 6.45) is 3.41. The lowest BCUT2D eigenvalue weighted by atomic mass is 10.4. The fraction of sp³-hybridized carbons (Fsp3) is 0.583. The SMILES string of the molecule is CN(C)CCN/C(=N/CCNCc1ccon1)NC#N. The van der Waals surface area contributed by atoms with E-state index in [0.717, 1.165) is 18.8 Å². The first-order valence-corrected chi connectivity index (χ1v) is 6.40. The van der Waals surface area contributed by atoms with Crippen LogP contribution in [0.1, 0.15) is 5.69 Å². The predicted octanol–water partition coefficient (Wildman–Crippen LogP) is -0.658. The lowest BCUT2D eigenvalue weighted by molar-refractivity contribution is 0.408. The number of guanidine groups is 1. The molecule has 0 aliphatic carbocycles. The quantitative estimate of drug-likeness (QED) is 0.191. The third-order valence-corrected chi connectivity index (χ3v) is 2.38. The fourth-order valence-electron chi connectivity index (χ4n) is 1.38. The highest BCUT2D eigenvalue weighted by Gasteiger charge is 1.98. The Morgan fingerprint density at radius 3 is 3.00 bits per heavy atom. The molecule has 110 valence electrons. The summed E-state index contributed by atoms with van der Waals surface area (Å²) >= 11 is 0. The number of aliphatic imine (C=N–C) groups is 1. The number of aromatic nitrogens is 1. The normalized spacial score (nSPS) is 11.4. The maximum absolute atomic E-state index is 8.65. The Kier molecular flexibility index (Phi) is 7.79. The van der Waals surface area contributed by atoms with Crippen LogP contribution < -0.4 is 16.0 Å². The van der Waals surface area contributed by atoms with Gasteiger partial charge in [0, 0.05) is 32.2 Å². The number of likely N-dealkylation sites (N-methyl/N-ethyl adjacent to an activating group) is 1. The van der Waals surface area contributed by atoms with Crippen molar-refractivity contribution < 1.29 is 4.52 Å². The predicted molar refractivity (Wildman–Crippen MR) is 75.8 cm³/mol. The maximum atomic E-state index is 8.65. The third-order valence-electron chi connectivity index (χ3n) is 2.38. The van der Waals surface area contributed by atoms with Crippen molar-refractivity contribution in [3.05, 3.63) is 18.0 Å². The van der Waals surface area contributed by atoms with E-state index in [-0.39, 0.29) is 0 Å². The van der Waals surface area contributed by atoms with Gasteiger partial charge in [-0.25, -0.2) is 0 Å². The summed E-state index contributed by atoms with van der Waals surface area (Å²) < 4.78 is 4.73. The number of nitrogens with zero attached hydrogens (tertiary/aromatic N) is 4. The van der Waals surface area contributed by atoms with E-state index in [1.165, 1.54) is 0 Å². The van der Waals surface area contributed by atoms with Crippen LogP contribution in [0.2, 0.25) is 0 Å². The van der Waals surface area contributed by atoms with E-state index >= 15 is 0 Å². The zero-order valence-electron chi connectivity index (χ0n) is 11.9. The number of hydrogen-bond acceptors (Lipinski definition) is 6. The average Bonchev–Trinajstić information content (AvgIpc) is 2.91. The van der Waals surface area contributed by atoms with E-state index in [1.54, 1.807) is 6.26 Å². The van der Waals surface area contributed by atoms with Gasteiger partial charge in [-0.05, 0) is 14.1 Å². The van der Waals surface area contributed by atoms with Crippen molar-refractivity contribution in [1.82, 2.24) is 26.0 Å². The Balaban J connectivity index is 2.19. The molecule has 0 unspecified atom stereocenters. The van der Waals surface area contributed by atoms with Gasteiger partial charge in [-0.1, -0.05) is 5.16 Å². The van der Waals surface area contributed by atoms with Gasteiger partial charge >= 0.3 is 0 Å². The third kappa shape index (κ3) is 7.35. The van der Waals surface area contributed by atoms with Crippen LogP contribution in [-0.2, 0) is 6.54 Å². The smallest absolute Gasteiger partial charge is 0.204 e. The van der Waals surface area contributed by atoms with Gasteiger partial charge in [-0.15, -0.1) is 0 Å². The second-order valence-corrected chi connectivity index (χ2v) is 4.36. The molecule has 0 radical (unpaired) electrons. The molecule has 1 heterocycles. The number of hydrogen-bond donors (Lipinski definition) is 3.